The largest absolute Gasteiger partial charge is 0.480 e. The Morgan fingerprint density at radius 2 is 1.24 bits per heavy atom. The van der Waals surface area contributed by atoms with Crippen LogP contribution in [0.2, 0.25) is 10.0 Å². The lowest BCUT2D eigenvalue weighted by Crippen LogP contribution is -2.40. The van der Waals surface area contributed by atoms with Crippen LogP contribution in [-0.2, 0) is 24.2 Å². The number of aromatic amines is 2. The zero-order valence-electron chi connectivity index (χ0n) is 39.1. The summed E-state index contributed by atoms with van der Waals surface area (Å²) in [6.07, 6.45) is 8.08. The third-order valence-electron chi connectivity index (χ3n) is 11.3. The number of fused-ring (bicyclic) bond motifs is 2. The van der Waals surface area contributed by atoms with Crippen LogP contribution in [0.25, 0.3) is 44.3 Å². The van der Waals surface area contributed by atoms with E-state index in [4.69, 9.17) is 38.8 Å². The van der Waals surface area contributed by atoms with Crippen LogP contribution in [0.15, 0.2) is 87.8 Å². The van der Waals surface area contributed by atoms with Crippen LogP contribution in [0.4, 0.5) is 5.95 Å². The number of nitrogens with zero attached hydrogens (tertiary/aromatic N) is 6. The summed E-state index contributed by atoms with van der Waals surface area (Å²) in [6.45, 7) is 11.1. The molecule has 0 atom stereocenters. The number of sulfone groups is 1. The molecular formula is C48H62Cl4N10O8S. The fourth-order valence-electron chi connectivity index (χ4n) is 7.70. The van der Waals surface area contributed by atoms with Gasteiger partial charge in [-0.1, -0.05) is 67.0 Å². The number of carboxylic acids is 1. The number of esters is 1. The minimum absolute atomic E-state index is 0. The number of benzene rings is 2. The first-order chi connectivity index (χ1) is 32.3. The molecule has 0 radical (unpaired) electrons. The average Bonchev–Trinajstić information content (AvgIpc) is 3.28. The number of H-pyrrole nitrogens is 2. The van der Waals surface area contributed by atoms with E-state index < -0.39 is 21.4 Å². The van der Waals surface area contributed by atoms with Gasteiger partial charge >= 0.3 is 11.9 Å². The molecule has 23 heteroatoms. The number of ether oxygens (including phenoxy) is 1. The quantitative estimate of drug-likeness (QED) is 0.0627. The number of piperidine rings is 2. The van der Waals surface area contributed by atoms with Gasteiger partial charge in [0.05, 0.1) is 13.1 Å². The van der Waals surface area contributed by atoms with E-state index in [0.29, 0.717) is 74.2 Å². The highest BCUT2D eigenvalue weighted by Crippen LogP contribution is 2.28. The average molecular weight is 1080 g/mol. The summed E-state index contributed by atoms with van der Waals surface area (Å²) in [7, 11) is -3.54. The van der Waals surface area contributed by atoms with E-state index in [1.54, 1.807) is 54.7 Å². The molecule has 0 unspecified atom stereocenters. The van der Waals surface area contributed by atoms with Crippen molar-refractivity contribution in [3.05, 3.63) is 104 Å². The molecule has 8 rings (SSSR count). The molecule has 2 aromatic carbocycles. The summed E-state index contributed by atoms with van der Waals surface area (Å²) in [4.78, 5) is 73.2. The topological polar surface area (TPSA) is 260 Å². The maximum atomic E-state index is 12.6. The Morgan fingerprint density at radius 1 is 0.775 bits per heavy atom. The van der Waals surface area contributed by atoms with Gasteiger partial charge in [0.2, 0.25) is 20.9 Å². The third kappa shape index (κ3) is 17.5. The molecule has 6 aromatic rings. The molecule has 0 aliphatic carbocycles. The van der Waals surface area contributed by atoms with Crippen molar-refractivity contribution in [2.75, 3.05) is 63.9 Å². The minimum atomic E-state index is -3.54. The monoisotopic (exact) mass is 1080 g/mol. The number of anilines is 1. The number of likely N-dealkylation sites (tertiary alicyclic amines) is 2. The first kappa shape index (κ1) is 60.1. The van der Waals surface area contributed by atoms with Crippen molar-refractivity contribution in [2.24, 2.45) is 17.6 Å². The fourth-order valence-corrected chi connectivity index (χ4v) is 8.68. The van der Waals surface area contributed by atoms with Crippen LogP contribution in [0.5, 0.6) is 0 Å². The number of hydrogen-bond donors (Lipinski definition) is 5. The predicted octanol–water partition coefficient (Wildman–Crippen LogP) is 7.37. The second-order valence-electron chi connectivity index (χ2n) is 17.7. The Morgan fingerprint density at radius 3 is 1.70 bits per heavy atom. The van der Waals surface area contributed by atoms with E-state index >= 15 is 0 Å². The number of nitrogens with two attached hydrogens (primary N) is 1. The number of carbonyl (C=O) groups excluding carboxylic acids is 1. The number of rotatable bonds is 11. The molecule has 0 saturated carbocycles. The number of hydrogen-bond acceptors (Lipinski definition) is 15. The molecule has 18 nitrogen and oxygen atoms in total. The number of nitrogens with one attached hydrogen (secondary N) is 3. The van der Waals surface area contributed by atoms with Crippen molar-refractivity contribution in [1.29, 1.82) is 0 Å². The number of aromatic nitrogens is 6. The highest BCUT2D eigenvalue weighted by atomic mass is 35.5. The van der Waals surface area contributed by atoms with E-state index in [1.165, 1.54) is 6.20 Å². The standard InChI is InChI=1S/C21H22ClN5O3.C14H10ClN3O3S.C12H24N2O2.CH4.2ClH/c22-17-4-2-1-3-15(17)16-9-14-11-24-21(26-19(14)25-20(16)30)23-10-13-5-7-27(8-6-13)12-18(28)29;1-22(20,21)14-16-7-8-6-10(13(19)17-12(8)18-14)9-4-2-3-5-11(9)15;1-12(2,3)16-11(15)9-14-6-4-10(8-13)5-7-14;;;/h1-4,9,11,13H,5-8,10,12H2,(H,28,29)(H2,23,24,25,26,30);2-7H,1H3,(H,16,17,18,19);10H,4-9,13H2,1-3H3;1H4;2*1H. The van der Waals surface area contributed by atoms with Gasteiger partial charge in [-0.25, -0.2) is 23.4 Å². The van der Waals surface area contributed by atoms with Gasteiger partial charge in [0, 0.05) is 68.3 Å². The van der Waals surface area contributed by atoms with Crippen molar-refractivity contribution in [1.82, 2.24) is 39.7 Å². The SMILES string of the molecule is C.CC(C)(C)OC(=O)CN1CCC(CN)CC1.CS(=O)(=O)c1ncc2cc(-c3ccccc3Cl)c(=O)[nH]c2n1.Cl.Cl.O=C(O)CN1CCC(CNc2ncc3cc(-c4ccccc4Cl)c(=O)[nH]c3n2)CC1. The van der Waals surface area contributed by atoms with Crippen LogP contribution in [-0.4, -0.2) is 129 Å². The highest BCUT2D eigenvalue weighted by Gasteiger charge is 2.24. The number of pyridine rings is 2. The van der Waals surface area contributed by atoms with Gasteiger partial charge in [-0.05, 0) is 115 Å². The van der Waals surface area contributed by atoms with E-state index in [-0.39, 0.29) is 66.7 Å². The summed E-state index contributed by atoms with van der Waals surface area (Å²) in [5.74, 6) is 0.601. The summed E-state index contributed by atoms with van der Waals surface area (Å²) < 4.78 is 28.2. The first-order valence-electron chi connectivity index (χ1n) is 22.1. The molecule has 6 heterocycles. The molecule has 0 bridgehead atoms. The number of halogens is 4. The lowest BCUT2D eigenvalue weighted by molar-refractivity contribution is -0.156. The van der Waals surface area contributed by atoms with Crippen molar-refractivity contribution in [3.63, 3.8) is 0 Å². The van der Waals surface area contributed by atoms with Gasteiger partial charge in [-0.15, -0.1) is 24.8 Å². The van der Waals surface area contributed by atoms with Crippen LogP contribution < -0.4 is 22.2 Å². The van der Waals surface area contributed by atoms with Crippen molar-refractivity contribution < 1.29 is 27.9 Å². The molecule has 0 spiro atoms. The first-order valence-corrected chi connectivity index (χ1v) is 24.7. The van der Waals surface area contributed by atoms with Crippen molar-refractivity contribution >= 4 is 97.8 Å². The highest BCUT2D eigenvalue weighted by molar-refractivity contribution is 7.90. The molecule has 0 amide bonds. The molecule has 2 aliphatic rings. The maximum Gasteiger partial charge on any atom is 0.320 e. The molecule has 2 fully saturated rings. The number of carboxylic acid groups (broad SMARTS) is 1. The Hall–Kier alpha value is -5.25. The van der Waals surface area contributed by atoms with E-state index in [1.807, 2.05) is 37.8 Å². The van der Waals surface area contributed by atoms with Gasteiger partial charge in [0.15, 0.2) is 0 Å². The number of carbonyl (C=O) groups is 2. The molecule has 6 N–H and O–H groups in total. The molecule has 2 saturated heterocycles. The van der Waals surface area contributed by atoms with Crippen LogP contribution in [0, 0.1) is 11.8 Å². The van der Waals surface area contributed by atoms with Crippen LogP contribution in [0.3, 0.4) is 0 Å². The predicted molar refractivity (Wildman–Crippen MR) is 285 cm³/mol. The minimum Gasteiger partial charge on any atom is -0.480 e. The Bertz CT molecular complexity index is 2980. The lowest BCUT2D eigenvalue weighted by atomic mass is 9.97. The van der Waals surface area contributed by atoms with E-state index in [0.717, 1.165) is 70.0 Å². The van der Waals surface area contributed by atoms with Crippen molar-refractivity contribution in [3.8, 4) is 22.3 Å². The van der Waals surface area contributed by atoms with Crippen LogP contribution >= 0.6 is 48.0 Å². The zero-order valence-corrected chi connectivity index (χ0v) is 43.1. The smallest absolute Gasteiger partial charge is 0.320 e. The molecule has 71 heavy (non-hydrogen) atoms. The second kappa shape index (κ2) is 27.0. The summed E-state index contributed by atoms with van der Waals surface area (Å²) in [5, 5.41) is 14.0. The summed E-state index contributed by atoms with van der Waals surface area (Å²) in [6, 6.07) is 17.5. The van der Waals surface area contributed by atoms with Crippen LogP contribution in [0.1, 0.15) is 53.9 Å². The second-order valence-corrected chi connectivity index (χ2v) is 20.5. The van der Waals surface area contributed by atoms with Gasteiger partial charge in [-0.3, -0.25) is 29.0 Å². The summed E-state index contributed by atoms with van der Waals surface area (Å²) >= 11 is 12.3. The zero-order chi connectivity index (χ0) is 49.2. The van der Waals surface area contributed by atoms with Gasteiger partial charge < -0.3 is 30.9 Å². The maximum absolute atomic E-state index is 12.6. The fraction of sp³-hybridized carbons (Fsp3) is 0.417. The Labute approximate surface area is 435 Å². The Balaban J connectivity index is 0.000000289. The molecule has 4 aromatic heterocycles. The molecule has 2 aliphatic heterocycles. The van der Waals surface area contributed by atoms with E-state index in [9.17, 15) is 27.6 Å². The number of aliphatic carboxylic acids is 1. The summed E-state index contributed by atoms with van der Waals surface area (Å²) in [5.41, 5.74) is 7.30. The third-order valence-corrected chi connectivity index (χ3v) is 12.8. The molecule has 386 valence electrons. The lowest BCUT2D eigenvalue weighted by Gasteiger charge is -2.31. The Kier molecular flexibility index (Phi) is 22.8. The van der Waals surface area contributed by atoms with Crippen molar-refractivity contribution in [2.45, 2.75) is 64.6 Å². The van der Waals surface area contributed by atoms with E-state index in [2.05, 4.69) is 40.1 Å². The van der Waals surface area contributed by atoms with Gasteiger partial charge in [0.25, 0.3) is 11.1 Å². The van der Waals surface area contributed by atoms with Gasteiger partial charge in [0.1, 0.15) is 16.9 Å². The van der Waals surface area contributed by atoms with Gasteiger partial charge in [-0.2, -0.15) is 4.98 Å². The molecular weight excluding hydrogens is 1020 g/mol. The normalized spacial score (nSPS) is 14.6.